The molecule has 1 aromatic carbocycles. The summed E-state index contributed by atoms with van der Waals surface area (Å²) in [5.41, 5.74) is 2.58. The third kappa shape index (κ3) is 3.74. The fourth-order valence-electron chi connectivity index (χ4n) is 2.07. The first-order valence-electron chi connectivity index (χ1n) is 7.05. The van der Waals surface area contributed by atoms with Crippen LogP contribution < -0.4 is 10.1 Å². The summed E-state index contributed by atoms with van der Waals surface area (Å²) in [6.45, 7) is 3.83. The van der Waals surface area contributed by atoms with Crippen molar-refractivity contribution in [3.05, 3.63) is 65.9 Å². The average molecular weight is 309 g/mol. The Balaban J connectivity index is 1.68. The molecule has 0 aliphatic carbocycles. The topological polar surface area (TPSA) is 77.3 Å². The third-order valence-corrected chi connectivity index (χ3v) is 3.03. The Labute approximate surface area is 133 Å². The van der Waals surface area contributed by atoms with E-state index in [4.69, 9.17) is 9.15 Å². The second-order valence-electron chi connectivity index (χ2n) is 4.99. The zero-order valence-corrected chi connectivity index (χ0v) is 12.7. The molecule has 0 saturated heterocycles. The Bertz CT molecular complexity index is 791. The van der Waals surface area contributed by atoms with Gasteiger partial charge in [0.1, 0.15) is 5.75 Å². The lowest BCUT2D eigenvalue weighted by molar-refractivity contribution is 0.0701. The first-order valence-corrected chi connectivity index (χ1v) is 7.05. The lowest BCUT2D eigenvalue weighted by Gasteiger charge is -2.07. The smallest absolute Gasteiger partial charge is 0.379 e. The number of esters is 1. The highest BCUT2D eigenvalue weighted by Crippen LogP contribution is 2.19. The molecule has 2 aromatic heterocycles. The number of benzene rings is 1. The number of hydrogen-bond donors (Lipinski definition) is 1. The van der Waals surface area contributed by atoms with Crippen LogP contribution in [0.15, 0.2) is 53.1 Å². The Morgan fingerprint density at radius 2 is 1.78 bits per heavy atom. The van der Waals surface area contributed by atoms with Gasteiger partial charge in [-0.15, -0.1) is 0 Å². The molecule has 6 nitrogen and oxygen atoms in total. The van der Waals surface area contributed by atoms with E-state index in [2.05, 4.69) is 15.3 Å². The van der Waals surface area contributed by atoms with Gasteiger partial charge in [-0.2, -0.15) is 0 Å². The van der Waals surface area contributed by atoms with Crippen molar-refractivity contribution in [2.75, 3.05) is 5.32 Å². The number of aryl methyl sites for hydroxylation is 2. The number of furan rings is 1. The highest BCUT2D eigenvalue weighted by atomic mass is 16.5. The maximum Gasteiger partial charge on any atom is 0.379 e. The summed E-state index contributed by atoms with van der Waals surface area (Å²) in [4.78, 5) is 20.4. The van der Waals surface area contributed by atoms with Gasteiger partial charge < -0.3 is 14.5 Å². The Morgan fingerprint density at radius 3 is 2.39 bits per heavy atom. The van der Waals surface area contributed by atoms with Crippen LogP contribution in [0.4, 0.5) is 11.6 Å². The van der Waals surface area contributed by atoms with Gasteiger partial charge in [0.2, 0.25) is 11.7 Å². The lowest BCUT2D eigenvalue weighted by atomic mass is 10.3. The molecule has 1 N–H and O–H groups in total. The molecule has 0 spiro atoms. The summed E-state index contributed by atoms with van der Waals surface area (Å²) < 4.78 is 10.2. The molecule has 0 unspecified atom stereocenters. The molecule has 0 saturated carbocycles. The highest BCUT2D eigenvalue weighted by Gasteiger charge is 2.11. The lowest BCUT2D eigenvalue weighted by Crippen LogP contribution is -2.07. The van der Waals surface area contributed by atoms with Crippen LogP contribution in [0.1, 0.15) is 21.9 Å². The maximum atomic E-state index is 11.8. The largest absolute Gasteiger partial charge is 0.457 e. The van der Waals surface area contributed by atoms with Crippen LogP contribution in [0, 0.1) is 13.8 Å². The van der Waals surface area contributed by atoms with Gasteiger partial charge in [0.15, 0.2) is 0 Å². The quantitative estimate of drug-likeness (QED) is 0.585. The van der Waals surface area contributed by atoms with Crippen LogP contribution in [0.25, 0.3) is 0 Å². The van der Waals surface area contributed by atoms with Crippen molar-refractivity contribution in [1.29, 1.82) is 0 Å². The number of carbonyl (C=O) groups excluding carboxylic acids is 1. The van der Waals surface area contributed by atoms with Gasteiger partial charge in [-0.1, -0.05) is 0 Å². The number of aromatic nitrogens is 2. The SMILES string of the molecule is Cc1cc(C)nc(Nc2ccc(OC(=O)c3ccco3)cc2)n1. The monoisotopic (exact) mass is 309 g/mol. The number of nitrogens with zero attached hydrogens (tertiary/aromatic N) is 2. The van der Waals surface area contributed by atoms with Crippen molar-refractivity contribution in [2.24, 2.45) is 0 Å². The molecular weight excluding hydrogens is 294 g/mol. The summed E-state index contributed by atoms with van der Waals surface area (Å²) in [6, 6.07) is 12.0. The van der Waals surface area contributed by atoms with E-state index in [0.29, 0.717) is 11.7 Å². The summed E-state index contributed by atoms with van der Waals surface area (Å²) in [7, 11) is 0. The standard InChI is InChI=1S/C17H15N3O3/c1-11-10-12(2)19-17(18-11)20-13-5-7-14(8-6-13)23-16(21)15-4-3-9-22-15/h3-10H,1-2H3,(H,18,19,20). The van der Waals surface area contributed by atoms with E-state index in [9.17, 15) is 4.79 Å². The van der Waals surface area contributed by atoms with Crippen LogP contribution in [-0.4, -0.2) is 15.9 Å². The predicted octanol–water partition coefficient (Wildman–Crippen LogP) is 3.65. The van der Waals surface area contributed by atoms with Crippen molar-refractivity contribution in [3.8, 4) is 5.75 Å². The van der Waals surface area contributed by atoms with Gasteiger partial charge >= 0.3 is 5.97 Å². The molecule has 116 valence electrons. The Kier molecular flexibility index (Phi) is 4.05. The minimum Gasteiger partial charge on any atom is -0.457 e. The van der Waals surface area contributed by atoms with Crippen LogP contribution in [0.3, 0.4) is 0 Å². The molecule has 0 bridgehead atoms. The highest BCUT2D eigenvalue weighted by molar-refractivity contribution is 5.88. The fraction of sp³-hybridized carbons (Fsp3) is 0.118. The molecule has 0 aliphatic heterocycles. The molecule has 0 fully saturated rings. The second-order valence-corrected chi connectivity index (χ2v) is 4.99. The number of anilines is 2. The Morgan fingerprint density at radius 1 is 1.09 bits per heavy atom. The van der Waals surface area contributed by atoms with Gasteiger partial charge in [-0.25, -0.2) is 14.8 Å². The number of nitrogens with one attached hydrogen (secondary N) is 1. The van der Waals surface area contributed by atoms with Crippen LogP contribution in [-0.2, 0) is 0 Å². The molecule has 6 heteroatoms. The van der Waals surface area contributed by atoms with E-state index in [0.717, 1.165) is 17.1 Å². The van der Waals surface area contributed by atoms with Gasteiger partial charge in [-0.05, 0) is 56.3 Å². The first-order chi connectivity index (χ1) is 11.1. The molecule has 0 radical (unpaired) electrons. The molecule has 2 heterocycles. The maximum absolute atomic E-state index is 11.8. The average Bonchev–Trinajstić information content (AvgIpc) is 3.02. The summed E-state index contributed by atoms with van der Waals surface area (Å²) in [6.07, 6.45) is 1.42. The molecule has 3 aromatic rings. The van der Waals surface area contributed by atoms with Crippen LogP contribution in [0.5, 0.6) is 5.75 Å². The predicted molar refractivity (Wildman–Crippen MR) is 84.9 cm³/mol. The number of ether oxygens (including phenoxy) is 1. The van der Waals surface area contributed by atoms with Crippen molar-refractivity contribution in [3.63, 3.8) is 0 Å². The number of rotatable bonds is 4. The molecular formula is C17H15N3O3. The molecule has 23 heavy (non-hydrogen) atoms. The van der Waals surface area contributed by atoms with Gasteiger partial charge in [0.05, 0.1) is 6.26 Å². The van der Waals surface area contributed by atoms with Gasteiger partial charge in [0.25, 0.3) is 0 Å². The number of hydrogen-bond acceptors (Lipinski definition) is 6. The number of carbonyl (C=O) groups is 1. The molecule has 0 amide bonds. The van der Waals surface area contributed by atoms with E-state index in [-0.39, 0.29) is 5.76 Å². The molecule has 3 rings (SSSR count). The molecule has 0 aliphatic rings. The normalized spacial score (nSPS) is 10.3. The molecule has 0 atom stereocenters. The van der Waals surface area contributed by atoms with Crippen molar-refractivity contribution < 1.29 is 13.9 Å². The van der Waals surface area contributed by atoms with Crippen molar-refractivity contribution in [2.45, 2.75) is 13.8 Å². The van der Waals surface area contributed by atoms with Crippen molar-refractivity contribution >= 4 is 17.6 Å². The van der Waals surface area contributed by atoms with Gasteiger partial charge in [0, 0.05) is 17.1 Å². The minimum absolute atomic E-state index is 0.163. The zero-order valence-electron chi connectivity index (χ0n) is 12.7. The van der Waals surface area contributed by atoms with Crippen LogP contribution in [0.2, 0.25) is 0 Å². The van der Waals surface area contributed by atoms with E-state index in [1.165, 1.54) is 6.26 Å². The van der Waals surface area contributed by atoms with Crippen LogP contribution >= 0.6 is 0 Å². The van der Waals surface area contributed by atoms with Crippen molar-refractivity contribution in [1.82, 2.24) is 9.97 Å². The Hall–Kier alpha value is -3.15. The van der Waals surface area contributed by atoms with E-state index >= 15 is 0 Å². The third-order valence-electron chi connectivity index (χ3n) is 3.03. The van der Waals surface area contributed by atoms with E-state index in [1.807, 2.05) is 19.9 Å². The first kappa shape index (κ1) is 14.8. The summed E-state index contributed by atoms with van der Waals surface area (Å²) >= 11 is 0. The summed E-state index contributed by atoms with van der Waals surface area (Å²) in [5, 5.41) is 3.11. The van der Waals surface area contributed by atoms with E-state index < -0.39 is 5.97 Å². The fourth-order valence-corrected chi connectivity index (χ4v) is 2.07. The minimum atomic E-state index is -0.534. The second kappa shape index (κ2) is 6.31. The van der Waals surface area contributed by atoms with Gasteiger partial charge in [-0.3, -0.25) is 0 Å². The zero-order chi connectivity index (χ0) is 16.2. The summed E-state index contributed by atoms with van der Waals surface area (Å²) in [5.74, 6) is 0.588. The van der Waals surface area contributed by atoms with E-state index in [1.54, 1.807) is 36.4 Å².